The quantitative estimate of drug-likeness (QED) is 0.869. The molecule has 1 aromatic rings. The fourth-order valence-corrected chi connectivity index (χ4v) is 1.95. The molecule has 0 aromatic heterocycles. The summed E-state index contributed by atoms with van der Waals surface area (Å²) in [5.41, 5.74) is 0.305. The van der Waals surface area contributed by atoms with Crippen LogP contribution in [0, 0.1) is 5.41 Å². The molecule has 0 aliphatic heterocycles. The Hall–Kier alpha value is -1.51. The molecule has 1 N–H and O–H groups in total. The third kappa shape index (κ3) is 3.03. The van der Waals surface area contributed by atoms with Gasteiger partial charge in [0.2, 0.25) is 0 Å². The van der Waals surface area contributed by atoms with Crippen LogP contribution in [0.5, 0.6) is 5.75 Å². The lowest BCUT2D eigenvalue weighted by molar-refractivity contribution is -0.146. The van der Waals surface area contributed by atoms with Crippen molar-refractivity contribution in [3.8, 4) is 5.75 Å². The monoisotopic (exact) mass is 248 g/mol. The highest BCUT2D eigenvalue weighted by atomic mass is 16.5. The van der Waals surface area contributed by atoms with E-state index < -0.39 is 11.4 Å². The van der Waals surface area contributed by atoms with Gasteiger partial charge < -0.3 is 9.84 Å². The third-order valence-corrected chi connectivity index (χ3v) is 3.50. The Balaban J connectivity index is 1.96. The summed E-state index contributed by atoms with van der Waals surface area (Å²) in [6.07, 6.45) is 4.47. The number of hydrogen-bond acceptors (Lipinski definition) is 2. The smallest absolute Gasteiger partial charge is 0.309 e. The van der Waals surface area contributed by atoms with Crippen molar-refractivity contribution in [2.75, 3.05) is 0 Å². The van der Waals surface area contributed by atoms with E-state index in [0.717, 1.165) is 24.2 Å². The van der Waals surface area contributed by atoms with Crippen LogP contribution in [0.15, 0.2) is 24.3 Å². The Labute approximate surface area is 108 Å². The van der Waals surface area contributed by atoms with Gasteiger partial charge in [0.25, 0.3) is 0 Å². The summed E-state index contributed by atoms with van der Waals surface area (Å²) in [5.74, 6) is 0.119. The molecule has 0 spiro atoms. The van der Waals surface area contributed by atoms with E-state index in [9.17, 15) is 4.79 Å². The summed E-state index contributed by atoms with van der Waals surface area (Å²) in [6.45, 7) is 3.49. The summed E-state index contributed by atoms with van der Waals surface area (Å²) in [5, 5.41) is 9.09. The highest BCUT2D eigenvalue weighted by Gasteiger charge is 2.27. The summed E-state index contributed by atoms with van der Waals surface area (Å²) in [6, 6.07) is 7.79. The van der Waals surface area contributed by atoms with Gasteiger partial charge in [-0.25, -0.2) is 0 Å². The molecule has 1 aliphatic carbocycles. The van der Waals surface area contributed by atoms with Gasteiger partial charge in [-0.15, -0.1) is 0 Å². The van der Waals surface area contributed by atoms with Crippen LogP contribution in [-0.2, 0) is 11.2 Å². The topological polar surface area (TPSA) is 46.5 Å². The van der Waals surface area contributed by atoms with Gasteiger partial charge in [-0.2, -0.15) is 0 Å². The van der Waals surface area contributed by atoms with Gasteiger partial charge in [-0.3, -0.25) is 4.79 Å². The van der Waals surface area contributed by atoms with Crippen LogP contribution in [-0.4, -0.2) is 17.2 Å². The number of benzene rings is 1. The Bertz CT molecular complexity index is 416. The maximum atomic E-state index is 11.1. The number of carboxylic acids is 1. The highest BCUT2D eigenvalue weighted by Crippen LogP contribution is 2.27. The van der Waals surface area contributed by atoms with E-state index in [1.807, 2.05) is 24.3 Å². The van der Waals surface area contributed by atoms with Crippen molar-refractivity contribution in [1.82, 2.24) is 0 Å². The molecule has 0 saturated heterocycles. The molecule has 18 heavy (non-hydrogen) atoms. The molecule has 1 aromatic carbocycles. The molecular formula is C15H20O3. The Kier molecular flexibility index (Phi) is 3.60. The van der Waals surface area contributed by atoms with Gasteiger partial charge in [0.05, 0.1) is 11.5 Å². The molecule has 0 amide bonds. The molecule has 98 valence electrons. The number of carbonyl (C=O) groups is 1. The molecule has 0 heterocycles. The van der Waals surface area contributed by atoms with E-state index in [-0.39, 0.29) is 0 Å². The van der Waals surface area contributed by atoms with Crippen molar-refractivity contribution in [3.05, 3.63) is 29.8 Å². The summed E-state index contributed by atoms with van der Waals surface area (Å²) >= 11 is 0. The van der Waals surface area contributed by atoms with Gasteiger partial charge in [0.15, 0.2) is 0 Å². The van der Waals surface area contributed by atoms with E-state index in [4.69, 9.17) is 9.84 Å². The summed E-state index contributed by atoms with van der Waals surface area (Å²) in [7, 11) is 0. The number of hydrogen-bond donors (Lipinski definition) is 1. The first kappa shape index (κ1) is 12.9. The molecule has 1 saturated carbocycles. The molecule has 0 bridgehead atoms. The van der Waals surface area contributed by atoms with Crippen LogP contribution in [0.3, 0.4) is 0 Å². The molecule has 0 atom stereocenters. The second-order valence-corrected chi connectivity index (χ2v) is 5.68. The largest absolute Gasteiger partial charge is 0.490 e. The van der Waals surface area contributed by atoms with Crippen molar-refractivity contribution in [2.45, 2.75) is 45.6 Å². The molecule has 3 nitrogen and oxygen atoms in total. The van der Waals surface area contributed by atoms with Crippen molar-refractivity contribution in [2.24, 2.45) is 5.41 Å². The van der Waals surface area contributed by atoms with E-state index in [1.54, 1.807) is 13.8 Å². The van der Waals surface area contributed by atoms with Gasteiger partial charge in [0.1, 0.15) is 5.75 Å². The Morgan fingerprint density at radius 2 is 1.94 bits per heavy atom. The fraction of sp³-hybridized carbons (Fsp3) is 0.533. The second-order valence-electron chi connectivity index (χ2n) is 5.68. The predicted octanol–water partition coefficient (Wildman–Crippen LogP) is 3.27. The van der Waals surface area contributed by atoms with Crippen LogP contribution in [0.1, 0.15) is 38.7 Å². The van der Waals surface area contributed by atoms with Gasteiger partial charge in [-0.1, -0.05) is 12.1 Å². The van der Waals surface area contributed by atoms with Crippen LogP contribution in [0.2, 0.25) is 0 Å². The molecule has 2 rings (SSSR count). The maximum absolute atomic E-state index is 11.1. The van der Waals surface area contributed by atoms with Gasteiger partial charge >= 0.3 is 5.97 Å². The zero-order valence-corrected chi connectivity index (χ0v) is 11.0. The van der Waals surface area contributed by atoms with Crippen molar-refractivity contribution >= 4 is 5.97 Å². The Morgan fingerprint density at radius 1 is 1.33 bits per heavy atom. The zero-order chi connectivity index (χ0) is 13.2. The van der Waals surface area contributed by atoms with Crippen LogP contribution < -0.4 is 4.74 Å². The maximum Gasteiger partial charge on any atom is 0.309 e. The lowest BCUT2D eigenvalue weighted by atomic mass is 9.86. The zero-order valence-electron chi connectivity index (χ0n) is 11.0. The molecule has 1 aliphatic rings. The highest BCUT2D eigenvalue weighted by molar-refractivity contribution is 5.74. The molecule has 0 unspecified atom stereocenters. The fourth-order valence-electron chi connectivity index (χ4n) is 1.95. The first-order valence-corrected chi connectivity index (χ1v) is 6.46. The van der Waals surface area contributed by atoms with E-state index in [0.29, 0.717) is 12.5 Å². The standard InChI is InChI=1S/C15H20O3/c1-15(2,14(16)17)10-11-6-8-13(9-7-11)18-12-4-3-5-12/h6-9,12H,3-5,10H2,1-2H3,(H,16,17). The normalized spacial score (nSPS) is 16.1. The molecular weight excluding hydrogens is 228 g/mol. The molecule has 0 radical (unpaired) electrons. The second kappa shape index (κ2) is 5.01. The first-order chi connectivity index (χ1) is 8.47. The lowest BCUT2D eigenvalue weighted by Gasteiger charge is -2.26. The summed E-state index contributed by atoms with van der Waals surface area (Å²) < 4.78 is 5.77. The average Bonchev–Trinajstić information content (AvgIpc) is 2.25. The van der Waals surface area contributed by atoms with Crippen LogP contribution in [0.4, 0.5) is 0 Å². The minimum Gasteiger partial charge on any atom is -0.490 e. The predicted molar refractivity (Wildman–Crippen MR) is 69.8 cm³/mol. The van der Waals surface area contributed by atoms with E-state index in [2.05, 4.69) is 0 Å². The number of carboxylic acid groups (broad SMARTS) is 1. The SMILES string of the molecule is CC(C)(Cc1ccc(OC2CCC2)cc1)C(=O)O. The van der Waals surface area contributed by atoms with E-state index in [1.165, 1.54) is 6.42 Å². The number of ether oxygens (including phenoxy) is 1. The van der Waals surface area contributed by atoms with Crippen molar-refractivity contribution in [3.63, 3.8) is 0 Å². The van der Waals surface area contributed by atoms with E-state index >= 15 is 0 Å². The van der Waals surface area contributed by atoms with Crippen LogP contribution >= 0.6 is 0 Å². The van der Waals surface area contributed by atoms with Crippen LogP contribution in [0.25, 0.3) is 0 Å². The van der Waals surface area contributed by atoms with Gasteiger partial charge in [0, 0.05) is 0 Å². The summed E-state index contributed by atoms with van der Waals surface area (Å²) in [4.78, 5) is 11.1. The first-order valence-electron chi connectivity index (χ1n) is 6.46. The van der Waals surface area contributed by atoms with Crippen molar-refractivity contribution < 1.29 is 14.6 Å². The Morgan fingerprint density at radius 3 is 2.39 bits per heavy atom. The third-order valence-electron chi connectivity index (χ3n) is 3.50. The number of rotatable bonds is 5. The van der Waals surface area contributed by atoms with Gasteiger partial charge in [-0.05, 0) is 57.2 Å². The number of aliphatic carboxylic acids is 1. The average molecular weight is 248 g/mol. The van der Waals surface area contributed by atoms with Crippen molar-refractivity contribution in [1.29, 1.82) is 0 Å². The lowest BCUT2D eigenvalue weighted by Crippen LogP contribution is -2.26. The minimum absolute atomic E-state index is 0.381. The minimum atomic E-state index is -0.766. The molecule has 1 fully saturated rings. The molecule has 3 heteroatoms.